The van der Waals surface area contributed by atoms with Gasteiger partial charge < -0.3 is 9.80 Å². The molecule has 2 aromatic rings. The minimum atomic E-state index is -0.0362. The lowest BCUT2D eigenvalue weighted by molar-refractivity contribution is 0.103. The molecular formula is C15H18N4OS2. The van der Waals surface area contributed by atoms with Crippen molar-refractivity contribution >= 4 is 40.1 Å². The van der Waals surface area contributed by atoms with E-state index in [1.165, 1.54) is 48.4 Å². The van der Waals surface area contributed by atoms with Gasteiger partial charge in [0.15, 0.2) is 10.0 Å². The van der Waals surface area contributed by atoms with Crippen LogP contribution in [0.3, 0.4) is 0 Å². The Hall–Kier alpha value is -1.47. The van der Waals surface area contributed by atoms with E-state index in [0.717, 1.165) is 37.8 Å². The average Bonchev–Trinajstić information content (AvgIpc) is 3.35. The van der Waals surface area contributed by atoms with Gasteiger partial charge in [0.05, 0.1) is 0 Å². The summed E-state index contributed by atoms with van der Waals surface area (Å²) >= 11 is 2.86. The number of aromatic nitrogens is 2. The zero-order chi connectivity index (χ0) is 14.9. The van der Waals surface area contributed by atoms with Gasteiger partial charge in [-0.15, -0.1) is 22.7 Å². The summed E-state index contributed by atoms with van der Waals surface area (Å²) in [7, 11) is 0. The van der Waals surface area contributed by atoms with Crippen LogP contribution >= 0.6 is 22.7 Å². The molecule has 0 amide bonds. The van der Waals surface area contributed by atoms with Gasteiger partial charge in [0.25, 0.3) is 0 Å². The summed E-state index contributed by atoms with van der Waals surface area (Å²) in [6.07, 6.45) is 4.86. The molecule has 4 heterocycles. The van der Waals surface area contributed by atoms with Crippen LogP contribution in [0, 0.1) is 0 Å². The van der Waals surface area contributed by atoms with E-state index in [1.54, 1.807) is 0 Å². The maximum atomic E-state index is 12.6. The van der Waals surface area contributed by atoms with E-state index in [1.807, 2.05) is 10.8 Å². The Morgan fingerprint density at radius 3 is 1.64 bits per heavy atom. The van der Waals surface area contributed by atoms with Crippen molar-refractivity contribution in [1.29, 1.82) is 0 Å². The van der Waals surface area contributed by atoms with Crippen molar-refractivity contribution in [3.05, 3.63) is 20.8 Å². The highest BCUT2D eigenvalue weighted by Gasteiger charge is 2.22. The third kappa shape index (κ3) is 2.63. The molecule has 2 fully saturated rings. The second kappa shape index (κ2) is 5.96. The van der Waals surface area contributed by atoms with Crippen molar-refractivity contribution in [3.8, 4) is 0 Å². The summed E-state index contributed by atoms with van der Waals surface area (Å²) in [6.45, 7) is 4.20. The van der Waals surface area contributed by atoms with Crippen molar-refractivity contribution in [2.45, 2.75) is 25.7 Å². The summed E-state index contributed by atoms with van der Waals surface area (Å²) in [4.78, 5) is 26.1. The van der Waals surface area contributed by atoms with E-state index in [4.69, 9.17) is 0 Å². The lowest BCUT2D eigenvalue weighted by atomic mass is 10.4. The van der Waals surface area contributed by atoms with Gasteiger partial charge in [-0.3, -0.25) is 4.79 Å². The van der Waals surface area contributed by atoms with Crippen LogP contribution in [-0.4, -0.2) is 41.9 Å². The summed E-state index contributed by atoms with van der Waals surface area (Å²) in [6, 6.07) is 0. The largest absolute Gasteiger partial charge is 0.356 e. The molecule has 2 saturated heterocycles. The van der Waals surface area contributed by atoms with E-state index in [0.29, 0.717) is 10.0 Å². The van der Waals surface area contributed by atoms with Crippen molar-refractivity contribution in [3.63, 3.8) is 0 Å². The predicted octanol–water partition coefficient (Wildman–Crippen LogP) is 3.03. The molecule has 0 aliphatic carbocycles. The van der Waals surface area contributed by atoms with E-state index in [2.05, 4.69) is 19.8 Å². The lowest BCUT2D eigenvalue weighted by Gasteiger charge is -2.13. The Bertz CT molecular complexity index is 612. The summed E-state index contributed by atoms with van der Waals surface area (Å²) in [5.41, 5.74) is 0. The molecule has 2 aliphatic rings. The first-order valence-corrected chi connectivity index (χ1v) is 9.53. The highest BCUT2D eigenvalue weighted by molar-refractivity contribution is 7.15. The Morgan fingerprint density at radius 1 is 0.818 bits per heavy atom. The van der Waals surface area contributed by atoms with E-state index < -0.39 is 0 Å². The maximum Gasteiger partial charge on any atom is 0.250 e. The molecule has 7 heteroatoms. The molecule has 116 valence electrons. The molecule has 0 saturated carbocycles. The fourth-order valence-electron chi connectivity index (χ4n) is 3.01. The minimum absolute atomic E-state index is 0.0362. The lowest BCUT2D eigenvalue weighted by Crippen LogP contribution is -2.18. The van der Waals surface area contributed by atoms with E-state index >= 15 is 0 Å². The van der Waals surface area contributed by atoms with E-state index in [-0.39, 0.29) is 5.78 Å². The number of hydrogen-bond donors (Lipinski definition) is 0. The van der Waals surface area contributed by atoms with Crippen LogP contribution in [0.15, 0.2) is 10.8 Å². The van der Waals surface area contributed by atoms with Crippen LogP contribution in [-0.2, 0) is 0 Å². The summed E-state index contributed by atoms with van der Waals surface area (Å²) in [5.74, 6) is 1.86. The molecule has 0 aromatic carbocycles. The monoisotopic (exact) mass is 334 g/mol. The quantitative estimate of drug-likeness (QED) is 0.805. The number of carbonyl (C=O) groups is 1. The van der Waals surface area contributed by atoms with Crippen LogP contribution in [0.2, 0.25) is 0 Å². The molecule has 0 radical (unpaired) electrons. The maximum absolute atomic E-state index is 12.6. The van der Waals surface area contributed by atoms with Crippen LogP contribution < -0.4 is 9.80 Å². The number of hydrogen-bond acceptors (Lipinski definition) is 7. The number of thiazole rings is 2. The highest BCUT2D eigenvalue weighted by Crippen LogP contribution is 2.27. The molecule has 0 atom stereocenters. The first-order chi connectivity index (χ1) is 10.8. The average molecular weight is 334 g/mol. The van der Waals surface area contributed by atoms with Crippen molar-refractivity contribution < 1.29 is 4.79 Å². The normalized spacial score (nSPS) is 18.4. The van der Waals surface area contributed by atoms with Gasteiger partial charge in [0.1, 0.15) is 11.6 Å². The van der Waals surface area contributed by atoms with Crippen molar-refractivity contribution in [2.24, 2.45) is 0 Å². The third-order valence-electron chi connectivity index (χ3n) is 4.23. The smallest absolute Gasteiger partial charge is 0.250 e. The molecule has 0 spiro atoms. The van der Waals surface area contributed by atoms with Crippen LogP contribution in [0.25, 0.3) is 0 Å². The summed E-state index contributed by atoms with van der Waals surface area (Å²) in [5, 5.41) is 5.11. The molecule has 4 rings (SSSR count). The molecule has 22 heavy (non-hydrogen) atoms. The topological polar surface area (TPSA) is 49.3 Å². The zero-order valence-electron chi connectivity index (χ0n) is 12.3. The fraction of sp³-hybridized carbons (Fsp3) is 0.533. The van der Waals surface area contributed by atoms with Gasteiger partial charge in [-0.1, -0.05) is 0 Å². The van der Waals surface area contributed by atoms with Crippen LogP contribution in [0.4, 0.5) is 11.6 Å². The SMILES string of the molecule is O=C(c1nc(N2CCCC2)cs1)c1nc(N2CCCC2)cs1. The molecule has 0 bridgehead atoms. The molecule has 5 nitrogen and oxygen atoms in total. The van der Waals surface area contributed by atoms with Gasteiger partial charge in [-0.2, -0.15) is 0 Å². The zero-order valence-corrected chi connectivity index (χ0v) is 14.0. The van der Waals surface area contributed by atoms with Gasteiger partial charge >= 0.3 is 0 Å². The molecular weight excluding hydrogens is 316 g/mol. The molecule has 2 aliphatic heterocycles. The first kappa shape index (κ1) is 14.1. The van der Waals surface area contributed by atoms with Crippen molar-refractivity contribution in [2.75, 3.05) is 36.0 Å². The van der Waals surface area contributed by atoms with Gasteiger partial charge in [-0.05, 0) is 25.7 Å². The number of ketones is 1. The van der Waals surface area contributed by atoms with E-state index in [9.17, 15) is 4.79 Å². The Balaban J connectivity index is 1.51. The number of carbonyl (C=O) groups excluding carboxylic acids is 1. The van der Waals surface area contributed by atoms with Crippen molar-refractivity contribution in [1.82, 2.24) is 9.97 Å². The number of nitrogens with zero attached hydrogens (tertiary/aromatic N) is 4. The predicted molar refractivity (Wildman–Crippen MR) is 90.6 cm³/mol. The standard InChI is InChI=1S/C15H18N4OS2/c20-13(14-16-11(9-21-14)18-5-1-2-6-18)15-17-12(10-22-15)19-7-3-4-8-19/h9-10H,1-8H2. The first-order valence-electron chi connectivity index (χ1n) is 7.77. The Kier molecular flexibility index (Phi) is 3.83. The molecule has 2 aromatic heterocycles. The second-order valence-electron chi connectivity index (χ2n) is 5.74. The Labute approximate surface area is 137 Å². The molecule has 0 unspecified atom stereocenters. The van der Waals surface area contributed by atoms with Crippen LogP contribution in [0.1, 0.15) is 40.5 Å². The minimum Gasteiger partial charge on any atom is -0.356 e. The Morgan fingerprint density at radius 2 is 1.23 bits per heavy atom. The summed E-state index contributed by atoms with van der Waals surface area (Å²) < 4.78 is 0. The van der Waals surface area contributed by atoms with Gasteiger partial charge in [-0.25, -0.2) is 9.97 Å². The van der Waals surface area contributed by atoms with Gasteiger partial charge in [0, 0.05) is 36.9 Å². The highest BCUT2D eigenvalue weighted by atomic mass is 32.1. The number of anilines is 2. The fourth-order valence-corrected chi connectivity index (χ4v) is 4.62. The molecule has 0 N–H and O–H groups in total. The number of rotatable bonds is 4. The van der Waals surface area contributed by atoms with Crippen LogP contribution in [0.5, 0.6) is 0 Å². The second-order valence-corrected chi connectivity index (χ2v) is 7.46. The van der Waals surface area contributed by atoms with Gasteiger partial charge in [0.2, 0.25) is 5.78 Å². The third-order valence-corrected chi connectivity index (χ3v) is 5.89.